The highest BCUT2D eigenvalue weighted by atomic mass is 16.5. The second-order valence-corrected chi connectivity index (χ2v) is 12.1. The summed E-state index contributed by atoms with van der Waals surface area (Å²) in [5, 5.41) is 3.16. The fourth-order valence-electron chi connectivity index (χ4n) is 7.24. The van der Waals surface area contributed by atoms with Gasteiger partial charge in [0.2, 0.25) is 5.91 Å². The molecule has 0 radical (unpaired) electrons. The molecule has 202 valence electrons. The van der Waals surface area contributed by atoms with Crippen LogP contribution in [0.15, 0.2) is 24.3 Å². The first-order chi connectivity index (χ1) is 18.1. The number of ether oxygens (including phenoxy) is 1. The number of aryl methyl sites for hydroxylation is 1. The molecule has 3 aliphatic heterocycles. The second kappa shape index (κ2) is 12.1. The first-order valence-corrected chi connectivity index (χ1v) is 14.8. The smallest absolute Gasteiger partial charge is 0.316 e. The number of hydrogen-bond acceptors (Lipinski definition) is 5. The van der Waals surface area contributed by atoms with Crippen molar-refractivity contribution in [3.8, 4) is 0 Å². The number of benzene rings is 1. The summed E-state index contributed by atoms with van der Waals surface area (Å²) in [5.74, 6) is 0.787. The third-order valence-corrected chi connectivity index (χ3v) is 9.63. The molecule has 1 amide bonds. The number of fused-ring (bicyclic) bond motifs is 3. The van der Waals surface area contributed by atoms with Crippen LogP contribution in [-0.4, -0.2) is 54.8 Å². The molecule has 2 aliphatic carbocycles. The molecule has 2 bridgehead atoms. The summed E-state index contributed by atoms with van der Waals surface area (Å²) in [6.45, 7) is 3.18. The van der Waals surface area contributed by atoms with Crippen LogP contribution < -0.4 is 5.32 Å². The van der Waals surface area contributed by atoms with E-state index in [1.165, 1.54) is 12.0 Å². The number of hydrogen-bond donors (Lipinski definition) is 1. The van der Waals surface area contributed by atoms with Crippen LogP contribution in [0, 0.1) is 11.8 Å². The van der Waals surface area contributed by atoms with Gasteiger partial charge in [-0.1, -0.05) is 43.5 Å². The molecule has 6 rings (SSSR count). The maximum atomic E-state index is 13.8. The van der Waals surface area contributed by atoms with Crippen LogP contribution >= 0.6 is 0 Å². The minimum absolute atomic E-state index is 0.00761. The van der Waals surface area contributed by atoms with Crippen molar-refractivity contribution in [2.24, 2.45) is 11.8 Å². The number of aldehydes is 1. The summed E-state index contributed by atoms with van der Waals surface area (Å²) in [6.07, 6.45) is 14.1. The fraction of sp³-hybridized carbons (Fsp3) is 0.710. The largest absolute Gasteiger partial charge is 0.460 e. The molecule has 0 spiro atoms. The number of nitrogens with zero attached hydrogens (tertiary/aromatic N) is 1. The van der Waals surface area contributed by atoms with Gasteiger partial charge in [0, 0.05) is 24.9 Å². The van der Waals surface area contributed by atoms with Crippen LogP contribution in [0.1, 0.15) is 94.6 Å². The van der Waals surface area contributed by atoms with Crippen molar-refractivity contribution in [2.75, 3.05) is 19.6 Å². The Morgan fingerprint density at radius 3 is 2.46 bits per heavy atom. The van der Waals surface area contributed by atoms with Crippen LogP contribution in [0.4, 0.5) is 0 Å². The molecule has 37 heavy (non-hydrogen) atoms. The first-order valence-electron chi connectivity index (χ1n) is 14.8. The van der Waals surface area contributed by atoms with E-state index in [0.717, 1.165) is 109 Å². The molecule has 1 aromatic rings. The number of piperidine rings is 3. The van der Waals surface area contributed by atoms with Crippen molar-refractivity contribution in [1.29, 1.82) is 0 Å². The molecule has 3 heterocycles. The Bertz CT molecular complexity index is 940. The van der Waals surface area contributed by atoms with Gasteiger partial charge in [0.15, 0.2) is 0 Å². The normalized spacial score (nSPS) is 30.9. The van der Waals surface area contributed by atoms with E-state index in [0.29, 0.717) is 12.3 Å². The highest BCUT2D eigenvalue weighted by molar-refractivity contribution is 5.83. The van der Waals surface area contributed by atoms with Crippen LogP contribution in [0.2, 0.25) is 0 Å². The van der Waals surface area contributed by atoms with Crippen molar-refractivity contribution in [3.63, 3.8) is 0 Å². The maximum Gasteiger partial charge on any atom is 0.316 e. The second-order valence-electron chi connectivity index (χ2n) is 12.1. The van der Waals surface area contributed by atoms with Crippen LogP contribution in [0.3, 0.4) is 0 Å². The summed E-state index contributed by atoms with van der Waals surface area (Å²) < 4.78 is 6.31. The Morgan fingerprint density at radius 1 is 1.03 bits per heavy atom. The molecular weight excluding hydrogens is 464 g/mol. The van der Waals surface area contributed by atoms with E-state index in [9.17, 15) is 14.4 Å². The summed E-state index contributed by atoms with van der Waals surface area (Å²) in [5.41, 5.74) is 1.77. The molecule has 0 aromatic heterocycles. The Kier molecular flexibility index (Phi) is 8.63. The van der Waals surface area contributed by atoms with Gasteiger partial charge in [-0.2, -0.15) is 0 Å². The fourth-order valence-corrected chi connectivity index (χ4v) is 7.24. The van der Waals surface area contributed by atoms with Crippen LogP contribution in [0.25, 0.3) is 0 Å². The van der Waals surface area contributed by atoms with Crippen LogP contribution in [-0.2, 0) is 31.0 Å². The molecule has 1 aromatic carbocycles. The van der Waals surface area contributed by atoms with E-state index in [2.05, 4.69) is 34.5 Å². The van der Waals surface area contributed by atoms with Crippen molar-refractivity contribution in [2.45, 2.75) is 107 Å². The van der Waals surface area contributed by atoms with E-state index in [1.54, 1.807) is 0 Å². The lowest BCUT2D eigenvalue weighted by Gasteiger charge is -2.45. The zero-order chi connectivity index (χ0) is 25.7. The number of amides is 1. The molecule has 2 saturated carbocycles. The molecule has 3 saturated heterocycles. The lowest BCUT2D eigenvalue weighted by molar-refractivity contribution is -0.167. The summed E-state index contributed by atoms with van der Waals surface area (Å²) >= 11 is 0. The molecule has 5 fully saturated rings. The quantitative estimate of drug-likeness (QED) is 0.386. The van der Waals surface area contributed by atoms with Gasteiger partial charge in [0.1, 0.15) is 12.4 Å². The number of nitrogens with one attached hydrogen (secondary N) is 1. The van der Waals surface area contributed by atoms with E-state index in [4.69, 9.17) is 4.74 Å². The Labute approximate surface area is 221 Å². The van der Waals surface area contributed by atoms with Gasteiger partial charge in [-0.15, -0.1) is 0 Å². The van der Waals surface area contributed by atoms with Gasteiger partial charge in [0.25, 0.3) is 0 Å². The minimum atomic E-state index is -0.530. The van der Waals surface area contributed by atoms with Gasteiger partial charge in [-0.05, 0) is 94.3 Å². The van der Waals surface area contributed by atoms with E-state index < -0.39 is 5.41 Å². The highest BCUT2D eigenvalue weighted by Gasteiger charge is 2.45. The van der Waals surface area contributed by atoms with Gasteiger partial charge in [-0.25, -0.2) is 0 Å². The van der Waals surface area contributed by atoms with Crippen molar-refractivity contribution in [1.82, 2.24) is 10.2 Å². The lowest BCUT2D eigenvalue weighted by atomic mass is 9.69. The maximum absolute atomic E-state index is 13.8. The predicted molar refractivity (Wildman–Crippen MR) is 143 cm³/mol. The molecule has 6 heteroatoms. The predicted octanol–water partition coefficient (Wildman–Crippen LogP) is 4.72. The van der Waals surface area contributed by atoms with E-state index in [-0.39, 0.29) is 29.9 Å². The van der Waals surface area contributed by atoms with Crippen LogP contribution in [0.5, 0.6) is 0 Å². The topological polar surface area (TPSA) is 75.7 Å². The number of esters is 1. The zero-order valence-corrected chi connectivity index (χ0v) is 22.3. The van der Waals surface area contributed by atoms with Crippen molar-refractivity contribution in [3.05, 3.63) is 35.4 Å². The van der Waals surface area contributed by atoms with Crippen molar-refractivity contribution >= 4 is 18.2 Å². The number of carbonyl (C=O) groups is 3. The molecule has 0 unspecified atom stereocenters. The van der Waals surface area contributed by atoms with E-state index >= 15 is 0 Å². The van der Waals surface area contributed by atoms with E-state index in [1.807, 2.05) is 0 Å². The first kappa shape index (κ1) is 26.4. The zero-order valence-electron chi connectivity index (χ0n) is 22.3. The molecule has 6 nitrogen and oxygen atoms in total. The average molecular weight is 509 g/mol. The third-order valence-electron chi connectivity index (χ3n) is 9.63. The lowest BCUT2D eigenvalue weighted by Crippen LogP contribution is -2.53. The number of carbonyl (C=O) groups excluding carboxylic acids is 3. The van der Waals surface area contributed by atoms with Crippen molar-refractivity contribution < 1.29 is 19.1 Å². The monoisotopic (exact) mass is 508 g/mol. The molecular formula is C31H44N2O4. The summed E-state index contributed by atoms with van der Waals surface area (Å²) in [6, 6.07) is 8.74. The van der Waals surface area contributed by atoms with Gasteiger partial charge in [-0.3, -0.25) is 14.5 Å². The molecule has 5 aliphatic rings. The van der Waals surface area contributed by atoms with Gasteiger partial charge < -0.3 is 14.8 Å². The highest BCUT2D eigenvalue weighted by Crippen LogP contribution is 2.42. The Hall–Kier alpha value is -2.21. The average Bonchev–Trinajstić information content (AvgIpc) is 2.94. The molecule has 1 atom stereocenters. The Morgan fingerprint density at radius 2 is 1.78 bits per heavy atom. The summed E-state index contributed by atoms with van der Waals surface area (Å²) in [4.78, 5) is 39.7. The van der Waals surface area contributed by atoms with Gasteiger partial charge in [0.05, 0.1) is 5.41 Å². The van der Waals surface area contributed by atoms with Gasteiger partial charge >= 0.3 is 5.97 Å². The third kappa shape index (κ3) is 6.27. The standard InChI is InChI=1S/C31H44N2O4/c34-22-24-10-12-27(13-11-24)32-29(35)9-5-7-23-6-4-8-26(20-23)31(16-2-1-3-17-31)30(36)37-28-21-33-18-14-25(28)15-19-33/h4,6,8,20,22,24-25,27-28H,1-3,5,7,9-19,21H2,(H,32,35)/t24?,27?,28-/m0/s1. The minimum Gasteiger partial charge on any atom is -0.460 e. The Balaban J connectivity index is 1.17. The molecule has 1 N–H and O–H groups in total. The SMILES string of the molecule is O=CC1CCC(NC(=O)CCCc2cccc(C3(C(=O)O[C@H]4CN5CCC4CC5)CCCCC3)c2)CC1. The number of rotatable bonds is 9. The summed E-state index contributed by atoms with van der Waals surface area (Å²) in [7, 11) is 0.